The zero-order valence-electron chi connectivity index (χ0n) is 11.1. The molecule has 18 heavy (non-hydrogen) atoms. The molecule has 0 amide bonds. The van der Waals surface area contributed by atoms with Crippen LogP contribution in [0.2, 0.25) is 0 Å². The zero-order valence-corrected chi connectivity index (χ0v) is 11.1. The summed E-state index contributed by atoms with van der Waals surface area (Å²) in [7, 11) is 0. The molecule has 96 valence electrons. The summed E-state index contributed by atoms with van der Waals surface area (Å²) in [6.45, 7) is 7.64. The van der Waals surface area contributed by atoms with Crippen LogP contribution in [0.15, 0.2) is 0 Å². The molecule has 0 aromatic carbocycles. The summed E-state index contributed by atoms with van der Waals surface area (Å²) in [5, 5.41) is 9.21. The Balaban J connectivity index is 2.05. The van der Waals surface area contributed by atoms with E-state index in [9.17, 15) is 5.26 Å². The van der Waals surface area contributed by atoms with Crippen molar-refractivity contribution in [3.05, 3.63) is 16.8 Å². The Hall–Kier alpha value is -1.47. The van der Waals surface area contributed by atoms with Gasteiger partial charge in [0.1, 0.15) is 11.9 Å². The summed E-state index contributed by atoms with van der Waals surface area (Å²) in [4.78, 5) is 2.52. The number of nitrogens with two attached hydrogens (primary N) is 1. The van der Waals surface area contributed by atoms with Gasteiger partial charge in [0.2, 0.25) is 0 Å². The van der Waals surface area contributed by atoms with Crippen molar-refractivity contribution in [3.63, 3.8) is 0 Å². The van der Waals surface area contributed by atoms with E-state index in [4.69, 9.17) is 5.73 Å². The number of piperidine rings is 3. The fourth-order valence-corrected chi connectivity index (χ4v) is 3.65. The maximum Gasteiger partial charge on any atom is 0.122 e. The van der Waals surface area contributed by atoms with Crippen LogP contribution in [0, 0.1) is 31.1 Å². The zero-order chi connectivity index (χ0) is 12.9. The fourth-order valence-electron chi connectivity index (χ4n) is 3.65. The van der Waals surface area contributed by atoms with Crippen LogP contribution in [0.3, 0.4) is 0 Å². The molecule has 4 heterocycles. The van der Waals surface area contributed by atoms with E-state index in [-0.39, 0.29) is 0 Å². The Labute approximate surface area is 108 Å². The minimum atomic E-state index is 0.466. The molecule has 3 fully saturated rings. The van der Waals surface area contributed by atoms with Gasteiger partial charge in [-0.15, -0.1) is 0 Å². The molecule has 4 rings (SSSR count). The second-order valence-corrected chi connectivity index (χ2v) is 5.66. The molecule has 1 aromatic heterocycles. The predicted molar refractivity (Wildman–Crippen MR) is 71.2 cm³/mol. The third-order valence-electron chi connectivity index (χ3n) is 4.86. The lowest BCUT2D eigenvalue weighted by Crippen LogP contribution is -2.48. The first kappa shape index (κ1) is 11.6. The summed E-state index contributed by atoms with van der Waals surface area (Å²) < 4.78 is 2.23. The molecule has 4 nitrogen and oxygen atoms in total. The molecule has 1 unspecified atom stereocenters. The van der Waals surface area contributed by atoms with E-state index < -0.39 is 0 Å². The minimum absolute atomic E-state index is 0.466. The van der Waals surface area contributed by atoms with Gasteiger partial charge in [0.15, 0.2) is 0 Å². The molecular weight excluding hydrogens is 224 g/mol. The molecule has 0 saturated carbocycles. The van der Waals surface area contributed by atoms with E-state index in [0.717, 1.165) is 18.0 Å². The summed E-state index contributed by atoms with van der Waals surface area (Å²) in [5.74, 6) is 1.40. The summed E-state index contributed by atoms with van der Waals surface area (Å²) in [6.07, 6.45) is 2.53. The van der Waals surface area contributed by atoms with Crippen LogP contribution in [0.4, 0.5) is 5.82 Å². The predicted octanol–water partition coefficient (Wildman–Crippen LogP) is 1.83. The maximum atomic E-state index is 9.21. The van der Waals surface area contributed by atoms with Crippen LogP contribution in [0.5, 0.6) is 0 Å². The van der Waals surface area contributed by atoms with Gasteiger partial charge in [0.05, 0.1) is 11.6 Å². The van der Waals surface area contributed by atoms with Crippen molar-refractivity contribution in [2.24, 2.45) is 5.92 Å². The highest BCUT2D eigenvalue weighted by Gasteiger charge is 2.37. The quantitative estimate of drug-likeness (QED) is 0.820. The van der Waals surface area contributed by atoms with Crippen molar-refractivity contribution in [1.82, 2.24) is 9.47 Å². The fraction of sp³-hybridized carbons (Fsp3) is 0.643. The van der Waals surface area contributed by atoms with Crippen LogP contribution < -0.4 is 5.73 Å². The number of aromatic nitrogens is 1. The number of hydrogen-bond donors (Lipinski definition) is 1. The van der Waals surface area contributed by atoms with E-state index in [0.29, 0.717) is 17.4 Å². The molecule has 3 saturated heterocycles. The van der Waals surface area contributed by atoms with Crippen molar-refractivity contribution < 1.29 is 0 Å². The summed E-state index contributed by atoms with van der Waals surface area (Å²) >= 11 is 0. The van der Waals surface area contributed by atoms with Gasteiger partial charge in [-0.2, -0.15) is 5.26 Å². The molecular formula is C14H20N4. The van der Waals surface area contributed by atoms with E-state index in [1.807, 2.05) is 6.92 Å². The number of hydrogen-bond acceptors (Lipinski definition) is 3. The van der Waals surface area contributed by atoms with Crippen molar-refractivity contribution in [1.29, 1.82) is 5.26 Å². The Kier molecular flexibility index (Phi) is 2.60. The van der Waals surface area contributed by atoms with E-state index in [1.165, 1.54) is 31.6 Å². The summed E-state index contributed by atoms with van der Waals surface area (Å²) in [6, 6.07) is 2.71. The normalized spacial score (nSPS) is 30.4. The smallest absolute Gasteiger partial charge is 0.122 e. The van der Waals surface area contributed by atoms with Gasteiger partial charge in [0.25, 0.3) is 0 Å². The van der Waals surface area contributed by atoms with Gasteiger partial charge in [0, 0.05) is 12.2 Å². The third-order valence-corrected chi connectivity index (χ3v) is 4.86. The topological polar surface area (TPSA) is 58.0 Å². The number of rotatable bonds is 1. The third kappa shape index (κ3) is 1.47. The van der Waals surface area contributed by atoms with Crippen molar-refractivity contribution >= 4 is 5.82 Å². The van der Waals surface area contributed by atoms with Crippen LogP contribution in [-0.2, 0) is 0 Å². The molecule has 0 spiro atoms. The number of anilines is 1. The Morgan fingerprint density at radius 2 is 1.94 bits per heavy atom. The average molecular weight is 244 g/mol. The second kappa shape index (κ2) is 4.03. The van der Waals surface area contributed by atoms with Gasteiger partial charge in [-0.25, -0.2) is 0 Å². The molecule has 1 aromatic rings. The van der Waals surface area contributed by atoms with Crippen LogP contribution in [-0.4, -0.2) is 29.1 Å². The minimum Gasteiger partial charge on any atom is -0.384 e. The Morgan fingerprint density at radius 3 is 2.39 bits per heavy atom. The van der Waals surface area contributed by atoms with Crippen LogP contribution in [0.1, 0.15) is 35.7 Å². The molecule has 2 bridgehead atoms. The van der Waals surface area contributed by atoms with E-state index >= 15 is 0 Å². The highest BCUT2D eigenvalue weighted by Crippen LogP contribution is 2.39. The van der Waals surface area contributed by atoms with Gasteiger partial charge in [-0.3, -0.25) is 0 Å². The molecule has 0 aliphatic carbocycles. The molecule has 4 heteroatoms. The largest absolute Gasteiger partial charge is 0.384 e. The van der Waals surface area contributed by atoms with Gasteiger partial charge in [-0.05, 0) is 51.3 Å². The first-order valence-corrected chi connectivity index (χ1v) is 6.72. The van der Waals surface area contributed by atoms with Crippen molar-refractivity contribution in [2.45, 2.75) is 32.7 Å². The average Bonchev–Trinajstić information content (AvgIpc) is 2.61. The number of nitrogen functional groups attached to an aromatic ring is 1. The van der Waals surface area contributed by atoms with E-state index in [2.05, 4.69) is 22.5 Å². The molecule has 1 atom stereocenters. The monoisotopic (exact) mass is 244 g/mol. The second-order valence-electron chi connectivity index (χ2n) is 5.66. The highest BCUT2D eigenvalue weighted by molar-refractivity contribution is 5.58. The first-order valence-electron chi connectivity index (χ1n) is 6.72. The van der Waals surface area contributed by atoms with Gasteiger partial charge < -0.3 is 15.2 Å². The molecule has 3 aliphatic rings. The lowest BCUT2D eigenvalue weighted by molar-refractivity contribution is 0.0573. The van der Waals surface area contributed by atoms with Gasteiger partial charge >= 0.3 is 0 Å². The standard InChI is InChI=1S/C14H20N4/c1-9-10(2)18(14(16)12(9)7-15)13-8-17-5-3-11(13)4-6-17/h11,13H,3-6,8,16H2,1-2H3. The number of fused-ring (bicyclic) bond motifs is 3. The molecule has 0 radical (unpaired) electrons. The number of nitriles is 1. The lowest BCUT2D eigenvalue weighted by atomic mass is 9.83. The lowest BCUT2D eigenvalue weighted by Gasteiger charge is -2.46. The van der Waals surface area contributed by atoms with Gasteiger partial charge in [-0.1, -0.05) is 0 Å². The Morgan fingerprint density at radius 1 is 1.28 bits per heavy atom. The highest BCUT2D eigenvalue weighted by atomic mass is 15.2. The Bertz CT molecular complexity index is 515. The van der Waals surface area contributed by atoms with Crippen molar-refractivity contribution in [2.75, 3.05) is 25.4 Å². The maximum absolute atomic E-state index is 9.21. The first-order chi connectivity index (χ1) is 8.63. The van der Waals surface area contributed by atoms with Crippen LogP contribution in [0.25, 0.3) is 0 Å². The van der Waals surface area contributed by atoms with Crippen LogP contribution >= 0.6 is 0 Å². The number of nitrogens with zero attached hydrogens (tertiary/aromatic N) is 3. The molecule has 2 N–H and O–H groups in total. The molecule has 3 aliphatic heterocycles. The van der Waals surface area contributed by atoms with Crippen molar-refractivity contribution in [3.8, 4) is 6.07 Å². The summed E-state index contributed by atoms with van der Waals surface area (Å²) in [5.41, 5.74) is 9.09. The SMILES string of the molecule is Cc1c(C#N)c(N)n(C2CN3CCC2CC3)c1C. The van der Waals surface area contributed by atoms with E-state index in [1.54, 1.807) is 0 Å².